The zero-order valence-corrected chi connectivity index (χ0v) is 12.3. The van der Waals surface area contributed by atoms with Gasteiger partial charge in [-0.2, -0.15) is 0 Å². The van der Waals surface area contributed by atoms with Crippen molar-refractivity contribution in [2.24, 2.45) is 0 Å². The van der Waals surface area contributed by atoms with E-state index in [9.17, 15) is 13.9 Å². The number of rotatable bonds is 4. The highest BCUT2D eigenvalue weighted by Crippen LogP contribution is 2.27. The van der Waals surface area contributed by atoms with E-state index < -0.39 is 17.7 Å². The number of halogens is 3. The molecule has 106 valence electrons. The Kier molecular flexibility index (Phi) is 4.73. The minimum Gasteiger partial charge on any atom is -0.494 e. The normalized spacial score (nSPS) is 12.2. The lowest BCUT2D eigenvalue weighted by molar-refractivity contribution is 0.176. The maximum absolute atomic E-state index is 14.0. The fourth-order valence-corrected chi connectivity index (χ4v) is 2.31. The highest BCUT2D eigenvalue weighted by molar-refractivity contribution is 9.10. The third kappa shape index (κ3) is 3.16. The second-order valence-electron chi connectivity index (χ2n) is 4.33. The van der Waals surface area contributed by atoms with Crippen LogP contribution in [0, 0.1) is 11.6 Å². The summed E-state index contributed by atoms with van der Waals surface area (Å²) in [5.74, 6) is -0.765. The van der Waals surface area contributed by atoms with E-state index in [1.54, 1.807) is 12.1 Å². The van der Waals surface area contributed by atoms with Crippen LogP contribution >= 0.6 is 15.9 Å². The summed E-state index contributed by atoms with van der Waals surface area (Å²) in [7, 11) is 1.38. The van der Waals surface area contributed by atoms with Crippen molar-refractivity contribution < 1.29 is 18.6 Å². The number of hydrogen-bond acceptors (Lipinski definition) is 2. The molecule has 0 aromatic heterocycles. The third-order valence-electron chi connectivity index (χ3n) is 3.00. The smallest absolute Gasteiger partial charge is 0.168 e. The Bertz CT molecular complexity index is 617. The third-order valence-corrected chi connectivity index (χ3v) is 3.61. The van der Waals surface area contributed by atoms with Gasteiger partial charge in [0.15, 0.2) is 11.6 Å². The molecule has 0 heterocycles. The lowest BCUT2D eigenvalue weighted by atomic mass is 10.0. The van der Waals surface area contributed by atoms with Crippen LogP contribution in [0.1, 0.15) is 17.2 Å². The highest BCUT2D eigenvalue weighted by Gasteiger charge is 2.15. The largest absolute Gasteiger partial charge is 0.494 e. The predicted octanol–water partition coefficient (Wildman–Crippen LogP) is 4.01. The Morgan fingerprint density at radius 3 is 2.65 bits per heavy atom. The van der Waals surface area contributed by atoms with Crippen LogP contribution in [0.5, 0.6) is 5.75 Å². The van der Waals surface area contributed by atoms with Gasteiger partial charge in [0.05, 0.1) is 17.7 Å². The predicted molar refractivity (Wildman–Crippen MR) is 75.7 cm³/mol. The van der Waals surface area contributed by atoms with Gasteiger partial charge in [-0.05, 0) is 45.3 Å². The highest BCUT2D eigenvalue weighted by atomic mass is 79.9. The van der Waals surface area contributed by atoms with E-state index in [0.29, 0.717) is 11.1 Å². The molecule has 1 atom stereocenters. The van der Waals surface area contributed by atoms with E-state index >= 15 is 0 Å². The van der Waals surface area contributed by atoms with Crippen LogP contribution in [0.15, 0.2) is 40.9 Å². The van der Waals surface area contributed by atoms with Crippen LogP contribution in [0.2, 0.25) is 0 Å². The van der Waals surface area contributed by atoms with Gasteiger partial charge in [-0.1, -0.05) is 18.2 Å². The first-order chi connectivity index (χ1) is 9.52. The molecule has 0 aliphatic heterocycles. The van der Waals surface area contributed by atoms with E-state index in [-0.39, 0.29) is 16.6 Å². The molecule has 1 N–H and O–H groups in total. The molecule has 2 nitrogen and oxygen atoms in total. The van der Waals surface area contributed by atoms with E-state index in [4.69, 9.17) is 4.74 Å². The summed E-state index contributed by atoms with van der Waals surface area (Å²) in [6.07, 6.45) is -0.838. The zero-order chi connectivity index (χ0) is 14.7. The molecule has 0 aliphatic carbocycles. The van der Waals surface area contributed by atoms with Crippen molar-refractivity contribution in [2.75, 3.05) is 7.11 Å². The molecule has 0 amide bonds. The lowest BCUT2D eigenvalue weighted by Crippen LogP contribution is -2.05. The Hall–Kier alpha value is -1.46. The molecule has 2 rings (SSSR count). The maximum atomic E-state index is 14.0. The van der Waals surface area contributed by atoms with E-state index in [1.807, 2.05) is 0 Å². The Morgan fingerprint density at radius 1 is 1.25 bits per heavy atom. The van der Waals surface area contributed by atoms with Crippen LogP contribution in [0.4, 0.5) is 8.78 Å². The van der Waals surface area contributed by atoms with Gasteiger partial charge >= 0.3 is 0 Å². The van der Waals surface area contributed by atoms with Gasteiger partial charge in [0.25, 0.3) is 0 Å². The van der Waals surface area contributed by atoms with Crippen LogP contribution in [0.3, 0.4) is 0 Å². The number of hydrogen-bond donors (Lipinski definition) is 1. The molecule has 5 heteroatoms. The molecule has 0 fully saturated rings. The standard InChI is InChI=1S/C15H13BrF2O2/c1-20-14-4-2-3-10(15(14)18)8-13(19)9-5-6-12(17)11(16)7-9/h2-7,13,19H,8H2,1H3. The van der Waals surface area contributed by atoms with E-state index in [2.05, 4.69) is 15.9 Å². The van der Waals surface area contributed by atoms with Gasteiger partial charge in [0.2, 0.25) is 0 Å². The van der Waals surface area contributed by atoms with Crippen molar-refractivity contribution in [3.8, 4) is 5.75 Å². The van der Waals surface area contributed by atoms with Crippen molar-refractivity contribution in [3.63, 3.8) is 0 Å². The fourth-order valence-electron chi connectivity index (χ4n) is 1.92. The number of methoxy groups -OCH3 is 1. The fraction of sp³-hybridized carbons (Fsp3) is 0.200. The Balaban J connectivity index is 2.23. The maximum Gasteiger partial charge on any atom is 0.168 e. The molecular formula is C15H13BrF2O2. The number of aliphatic hydroxyl groups is 1. The summed E-state index contributed by atoms with van der Waals surface area (Å²) in [6.45, 7) is 0. The van der Waals surface area contributed by atoms with Gasteiger partial charge in [-0.3, -0.25) is 0 Å². The minimum atomic E-state index is -0.923. The van der Waals surface area contributed by atoms with Crippen molar-refractivity contribution in [2.45, 2.75) is 12.5 Å². The van der Waals surface area contributed by atoms with E-state index in [0.717, 1.165) is 0 Å². The van der Waals surface area contributed by atoms with Gasteiger partial charge < -0.3 is 9.84 Å². The van der Waals surface area contributed by atoms with Crippen LogP contribution in [0.25, 0.3) is 0 Å². The Morgan fingerprint density at radius 2 is 2.00 bits per heavy atom. The summed E-state index contributed by atoms with van der Waals surface area (Å²) in [6, 6.07) is 8.97. The summed E-state index contributed by atoms with van der Waals surface area (Å²) in [5, 5.41) is 10.1. The van der Waals surface area contributed by atoms with Gasteiger partial charge in [0, 0.05) is 6.42 Å². The summed E-state index contributed by atoms with van der Waals surface area (Å²) < 4.78 is 32.3. The number of benzene rings is 2. The molecule has 2 aromatic carbocycles. The van der Waals surface area contributed by atoms with Gasteiger partial charge in [-0.15, -0.1) is 0 Å². The van der Waals surface area contributed by atoms with Crippen molar-refractivity contribution in [1.82, 2.24) is 0 Å². The minimum absolute atomic E-state index is 0.0844. The molecule has 0 saturated heterocycles. The molecule has 0 bridgehead atoms. The van der Waals surface area contributed by atoms with Crippen molar-refractivity contribution >= 4 is 15.9 Å². The van der Waals surface area contributed by atoms with Gasteiger partial charge in [0.1, 0.15) is 5.82 Å². The average Bonchev–Trinajstić information content (AvgIpc) is 2.44. The molecule has 1 unspecified atom stereocenters. The second-order valence-corrected chi connectivity index (χ2v) is 5.18. The van der Waals surface area contributed by atoms with Crippen LogP contribution in [-0.4, -0.2) is 12.2 Å². The first-order valence-electron chi connectivity index (χ1n) is 5.97. The summed E-state index contributed by atoms with van der Waals surface area (Å²) in [5.41, 5.74) is 0.859. The second kappa shape index (κ2) is 6.33. The first kappa shape index (κ1) is 14.9. The molecule has 0 spiro atoms. The molecular weight excluding hydrogens is 330 g/mol. The molecule has 20 heavy (non-hydrogen) atoms. The molecule has 0 saturated carbocycles. The summed E-state index contributed by atoms with van der Waals surface area (Å²) in [4.78, 5) is 0. The average molecular weight is 343 g/mol. The number of aliphatic hydroxyl groups excluding tert-OH is 1. The summed E-state index contributed by atoms with van der Waals surface area (Å²) >= 11 is 3.06. The first-order valence-corrected chi connectivity index (χ1v) is 6.76. The molecule has 0 radical (unpaired) electrons. The molecule has 2 aromatic rings. The zero-order valence-electron chi connectivity index (χ0n) is 10.7. The van der Waals surface area contributed by atoms with Crippen molar-refractivity contribution in [3.05, 3.63) is 63.6 Å². The quantitative estimate of drug-likeness (QED) is 0.909. The van der Waals surface area contributed by atoms with Crippen LogP contribution in [-0.2, 0) is 6.42 Å². The van der Waals surface area contributed by atoms with Crippen LogP contribution < -0.4 is 4.74 Å². The Labute approximate surface area is 124 Å². The monoisotopic (exact) mass is 342 g/mol. The molecule has 0 aliphatic rings. The van der Waals surface area contributed by atoms with E-state index in [1.165, 1.54) is 31.4 Å². The van der Waals surface area contributed by atoms with Gasteiger partial charge in [-0.25, -0.2) is 8.78 Å². The van der Waals surface area contributed by atoms with Crippen molar-refractivity contribution in [1.29, 1.82) is 0 Å². The lowest BCUT2D eigenvalue weighted by Gasteiger charge is -2.13. The number of ether oxygens (including phenoxy) is 1. The topological polar surface area (TPSA) is 29.5 Å². The SMILES string of the molecule is COc1cccc(CC(O)c2ccc(F)c(Br)c2)c1F.